The average Bonchev–Trinajstić information content (AvgIpc) is 2.52. The summed E-state index contributed by atoms with van der Waals surface area (Å²) in [5.74, 6) is -2.18. The van der Waals surface area contributed by atoms with Crippen LogP contribution in [-0.2, 0) is 16.1 Å². The van der Waals surface area contributed by atoms with Gasteiger partial charge in [0, 0.05) is 12.1 Å². The third-order valence-electron chi connectivity index (χ3n) is 2.89. The monoisotopic (exact) mass is 307 g/mol. The Balaban J connectivity index is 2.15. The number of rotatable bonds is 6. The summed E-state index contributed by atoms with van der Waals surface area (Å²) < 4.78 is 37.1. The molecule has 1 N–H and O–H groups in total. The topological polar surface area (TPSA) is 47.6 Å². The van der Waals surface area contributed by atoms with Crippen LogP contribution in [0.25, 0.3) is 0 Å². The molecule has 0 spiro atoms. The van der Waals surface area contributed by atoms with Crippen LogP contribution in [0.4, 0.5) is 14.5 Å². The first-order valence-corrected chi connectivity index (χ1v) is 6.56. The number of benzene rings is 2. The van der Waals surface area contributed by atoms with Crippen LogP contribution in [0.5, 0.6) is 5.75 Å². The third kappa shape index (κ3) is 4.18. The quantitative estimate of drug-likeness (QED) is 0.833. The van der Waals surface area contributed by atoms with Gasteiger partial charge in [-0.2, -0.15) is 0 Å². The molecular formula is C16H15F2NO3. The van der Waals surface area contributed by atoms with Gasteiger partial charge < -0.3 is 14.8 Å². The van der Waals surface area contributed by atoms with Crippen LogP contribution in [0.15, 0.2) is 42.5 Å². The van der Waals surface area contributed by atoms with Gasteiger partial charge in [0.15, 0.2) is 5.82 Å². The van der Waals surface area contributed by atoms with Gasteiger partial charge in [-0.3, -0.25) is 4.79 Å². The molecule has 0 radical (unpaired) electrons. The molecule has 0 aliphatic heterocycles. The van der Waals surface area contributed by atoms with Crippen molar-refractivity contribution in [3.05, 3.63) is 59.7 Å². The molecule has 6 heteroatoms. The number of esters is 1. The summed E-state index contributed by atoms with van der Waals surface area (Å²) in [5.41, 5.74) is 0.772. The minimum Gasteiger partial charge on any atom is -0.487 e. The predicted molar refractivity (Wildman–Crippen MR) is 77.6 cm³/mol. The molecule has 2 aromatic rings. The Morgan fingerprint density at radius 1 is 1.18 bits per heavy atom. The molecule has 0 aliphatic rings. The Morgan fingerprint density at radius 2 is 1.91 bits per heavy atom. The molecule has 0 aromatic heterocycles. The molecule has 2 rings (SSSR count). The molecule has 0 fully saturated rings. The van der Waals surface area contributed by atoms with Crippen LogP contribution in [0, 0.1) is 11.6 Å². The Hall–Kier alpha value is -2.63. The van der Waals surface area contributed by atoms with E-state index < -0.39 is 17.6 Å². The molecule has 0 amide bonds. The highest BCUT2D eigenvalue weighted by Crippen LogP contribution is 2.29. The molecule has 22 heavy (non-hydrogen) atoms. The number of carbonyl (C=O) groups is 1. The van der Waals surface area contributed by atoms with Crippen LogP contribution >= 0.6 is 0 Å². The molecule has 0 unspecified atom stereocenters. The van der Waals surface area contributed by atoms with Gasteiger partial charge >= 0.3 is 5.97 Å². The normalized spacial score (nSPS) is 10.1. The van der Waals surface area contributed by atoms with E-state index in [4.69, 9.17) is 4.74 Å². The number of ether oxygens (including phenoxy) is 2. The van der Waals surface area contributed by atoms with E-state index in [1.165, 1.54) is 7.11 Å². The van der Waals surface area contributed by atoms with E-state index in [9.17, 15) is 13.6 Å². The number of hydrogen-bond donors (Lipinski definition) is 1. The molecule has 0 bridgehead atoms. The zero-order chi connectivity index (χ0) is 15.9. The van der Waals surface area contributed by atoms with Gasteiger partial charge in [-0.1, -0.05) is 30.3 Å². The molecule has 0 atom stereocenters. The fraction of sp³-hybridized carbons (Fsp3) is 0.188. The lowest BCUT2D eigenvalue weighted by atomic mass is 10.2. The average molecular weight is 307 g/mol. The standard InChI is InChI=1S/C16H15F2NO3/c1-21-15(20)9-19-16-13(18)7-12(17)8-14(16)22-10-11-5-3-2-4-6-11/h2-8,19H,9-10H2,1H3. The van der Waals surface area contributed by atoms with Gasteiger partial charge in [0.1, 0.15) is 30.4 Å². The van der Waals surface area contributed by atoms with Crippen LogP contribution in [0.2, 0.25) is 0 Å². The van der Waals surface area contributed by atoms with E-state index >= 15 is 0 Å². The van der Waals surface area contributed by atoms with E-state index in [1.54, 1.807) is 0 Å². The van der Waals surface area contributed by atoms with Crippen molar-refractivity contribution in [2.24, 2.45) is 0 Å². The fourth-order valence-corrected chi connectivity index (χ4v) is 1.80. The Morgan fingerprint density at radius 3 is 2.59 bits per heavy atom. The second-order valence-electron chi connectivity index (χ2n) is 4.46. The zero-order valence-corrected chi connectivity index (χ0v) is 11.9. The maximum absolute atomic E-state index is 13.9. The van der Waals surface area contributed by atoms with Gasteiger partial charge in [0.2, 0.25) is 0 Å². The molecule has 2 aromatic carbocycles. The highest BCUT2D eigenvalue weighted by atomic mass is 19.1. The summed E-state index contributed by atoms with van der Waals surface area (Å²) in [4.78, 5) is 11.1. The Bertz CT molecular complexity index is 647. The molecule has 0 saturated carbocycles. The number of nitrogens with one attached hydrogen (secondary N) is 1. The van der Waals surface area contributed by atoms with E-state index in [2.05, 4.69) is 10.1 Å². The summed E-state index contributed by atoms with van der Waals surface area (Å²) in [6.45, 7) is -0.0998. The first-order valence-electron chi connectivity index (χ1n) is 6.56. The fourth-order valence-electron chi connectivity index (χ4n) is 1.80. The van der Waals surface area contributed by atoms with Gasteiger partial charge in [0.05, 0.1) is 7.11 Å². The van der Waals surface area contributed by atoms with Crippen molar-refractivity contribution >= 4 is 11.7 Å². The van der Waals surface area contributed by atoms with Crippen molar-refractivity contribution in [2.75, 3.05) is 19.0 Å². The summed E-state index contributed by atoms with van der Waals surface area (Å²) >= 11 is 0. The van der Waals surface area contributed by atoms with Gasteiger partial charge in [-0.25, -0.2) is 8.78 Å². The molecule has 116 valence electrons. The lowest BCUT2D eigenvalue weighted by Crippen LogP contribution is -2.16. The van der Waals surface area contributed by atoms with E-state index in [-0.39, 0.29) is 24.6 Å². The number of anilines is 1. The van der Waals surface area contributed by atoms with Crippen molar-refractivity contribution in [3.63, 3.8) is 0 Å². The van der Waals surface area contributed by atoms with Crippen molar-refractivity contribution in [3.8, 4) is 5.75 Å². The molecule has 4 nitrogen and oxygen atoms in total. The Labute approximate surface area is 126 Å². The van der Waals surface area contributed by atoms with Gasteiger partial charge in [-0.15, -0.1) is 0 Å². The highest BCUT2D eigenvalue weighted by Gasteiger charge is 2.14. The smallest absolute Gasteiger partial charge is 0.325 e. The number of methoxy groups -OCH3 is 1. The molecule has 0 saturated heterocycles. The molecular weight excluding hydrogens is 292 g/mol. The first kappa shape index (κ1) is 15.8. The highest BCUT2D eigenvalue weighted by molar-refractivity contribution is 5.76. The molecule has 0 heterocycles. The van der Waals surface area contributed by atoms with Crippen LogP contribution in [-0.4, -0.2) is 19.6 Å². The van der Waals surface area contributed by atoms with Crippen LogP contribution < -0.4 is 10.1 Å². The number of halogens is 2. The Kier molecular flexibility index (Phi) is 5.30. The largest absolute Gasteiger partial charge is 0.487 e. The molecule has 0 aliphatic carbocycles. The minimum absolute atomic E-state index is 0.00902. The third-order valence-corrected chi connectivity index (χ3v) is 2.89. The van der Waals surface area contributed by atoms with Crippen LogP contribution in [0.1, 0.15) is 5.56 Å². The second kappa shape index (κ2) is 7.40. The van der Waals surface area contributed by atoms with Crippen LogP contribution in [0.3, 0.4) is 0 Å². The van der Waals surface area contributed by atoms with E-state index in [0.29, 0.717) is 0 Å². The van der Waals surface area contributed by atoms with E-state index in [1.807, 2.05) is 30.3 Å². The summed E-state index contributed by atoms with van der Waals surface area (Å²) in [6, 6.07) is 11.0. The zero-order valence-electron chi connectivity index (χ0n) is 11.9. The summed E-state index contributed by atoms with van der Waals surface area (Å²) in [5, 5.41) is 2.55. The lowest BCUT2D eigenvalue weighted by molar-refractivity contribution is -0.138. The maximum Gasteiger partial charge on any atom is 0.325 e. The maximum atomic E-state index is 13.9. The van der Waals surface area contributed by atoms with Crippen molar-refractivity contribution in [2.45, 2.75) is 6.61 Å². The lowest BCUT2D eigenvalue weighted by Gasteiger charge is -2.14. The number of carbonyl (C=O) groups excluding carboxylic acids is 1. The number of hydrogen-bond acceptors (Lipinski definition) is 4. The SMILES string of the molecule is COC(=O)CNc1c(F)cc(F)cc1OCc1ccccc1. The summed E-state index contributed by atoms with van der Waals surface area (Å²) in [6.07, 6.45) is 0. The minimum atomic E-state index is -0.841. The van der Waals surface area contributed by atoms with Crippen molar-refractivity contribution in [1.29, 1.82) is 0 Å². The predicted octanol–water partition coefficient (Wildman–Crippen LogP) is 3.13. The summed E-state index contributed by atoms with van der Waals surface area (Å²) in [7, 11) is 1.22. The van der Waals surface area contributed by atoms with Gasteiger partial charge in [-0.05, 0) is 5.56 Å². The first-order chi connectivity index (χ1) is 10.6. The van der Waals surface area contributed by atoms with Crippen molar-refractivity contribution in [1.82, 2.24) is 0 Å². The second-order valence-corrected chi connectivity index (χ2v) is 4.46. The van der Waals surface area contributed by atoms with Gasteiger partial charge in [0.25, 0.3) is 0 Å². The van der Waals surface area contributed by atoms with Crippen molar-refractivity contribution < 1.29 is 23.0 Å². The van der Waals surface area contributed by atoms with E-state index in [0.717, 1.165) is 17.7 Å².